The van der Waals surface area contributed by atoms with Crippen LogP contribution in [0.3, 0.4) is 0 Å². The maximum absolute atomic E-state index is 12.6. The molecule has 1 aromatic heterocycles. The zero-order valence-corrected chi connectivity index (χ0v) is 19.3. The van der Waals surface area contributed by atoms with Crippen LogP contribution in [0.4, 0.5) is 0 Å². The number of nitrogens with zero attached hydrogens (tertiary/aromatic N) is 1. The van der Waals surface area contributed by atoms with E-state index < -0.39 is 9.84 Å². The Morgan fingerprint density at radius 2 is 1.73 bits per heavy atom. The number of rotatable bonds is 7. The molecule has 2 heterocycles. The lowest BCUT2D eigenvalue weighted by molar-refractivity contribution is 0.244. The molecule has 0 unspecified atom stereocenters. The molecule has 33 heavy (non-hydrogen) atoms. The standard InChI is InChI=1S/C28H28N2O2S/c31-33(32,26-11-5-2-6-12-26)17-15-22-13-14-28-27(18-22)24(20-29-28)19-25-10-7-16-30(25)21-23-8-3-1-4-9-23/h1-6,8-9,11-15,17-18,20,25,29H,7,10,16,19,21H2/b17-15+/t25-/m0/s1. The van der Waals surface area contributed by atoms with Crippen molar-refractivity contribution in [3.05, 3.63) is 107 Å². The summed E-state index contributed by atoms with van der Waals surface area (Å²) in [6.45, 7) is 2.12. The van der Waals surface area contributed by atoms with Crippen molar-refractivity contribution in [3.8, 4) is 0 Å². The van der Waals surface area contributed by atoms with Crippen LogP contribution in [-0.2, 0) is 22.8 Å². The second kappa shape index (κ2) is 9.38. The lowest BCUT2D eigenvalue weighted by Gasteiger charge is -2.24. The SMILES string of the molecule is O=S(=O)(/C=C/c1ccc2[nH]cc(C[C@@H]3CCCN3Cc3ccccc3)c2c1)c1ccccc1. The van der Waals surface area contributed by atoms with Gasteiger partial charge in [-0.15, -0.1) is 0 Å². The summed E-state index contributed by atoms with van der Waals surface area (Å²) in [5.74, 6) is 0. The van der Waals surface area contributed by atoms with Crippen LogP contribution in [0.5, 0.6) is 0 Å². The molecule has 0 amide bonds. The first-order valence-corrected chi connectivity index (χ1v) is 13.0. The molecule has 0 aliphatic carbocycles. The molecule has 1 atom stereocenters. The van der Waals surface area contributed by atoms with E-state index in [1.807, 2.05) is 18.2 Å². The smallest absolute Gasteiger partial charge is 0.199 e. The van der Waals surface area contributed by atoms with Gasteiger partial charge in [0.25, 0.3) is 0 Å². The number of nitrogens with one attached hydrogen (secondary N) is 1. The molecule has 0 saturated carbocycles. The lowest BCUT2D eigenvalue weighted by Crippen LogP contribution is -2.30. The van der Waals surface area contributed by atoms with E-state index in [-0.39, 0.29) is 0 Å². The zero-order chi connectivity index (χ0) is 22.7. The monoisotopic (exact) mass is 456 g/mol. The highest BCUT2D eigenvalue weighted by atomic mass is 32.2. The van der Waals surface area contributed by atoms with E-state index in [1.54, 1.807) is 30.3 Å². The van der Waals surface area contributed by atoms with E-state index in [4.69, 9.17) is 0 Å². The molecule has 3 aromatic carbocycles. The van der Waals surface area contributed by atoms with Gasteiger partial charge in [-0.2, -0.15) is 0 Å². The Morgan fingerprint density at radius 1 is 0.970 bits per heavy atom. The molecule has 168 valence electrons. The topological polar surface area (TPSA) is 53.2 Å². The van der Waals surface area contributed by atoms with Gasteiger partial charge in [-0.1, -0.05) is 54.6 Å². The Kier molecular flexibility index (Phi) is 6.16. The third-order valence-electron chi connectivity index (χ3n) is 6.49. The number of likely N-dealkylation sites (tertiary alicyclic amines) is 1. The van der Waals surface area contributed by atoms with Crippen LogP contribution in [0.15, 0.2) is 95.4 Å². The summed E-state index contributed by atoms with van der Waals surface area (Å²) in [7, 11) is -3.46. The van der Waals surface area contributed by atoms with Gasteiger partial charge in [-0.05, 0) is 72.8 Å². The largest absolute Gasteiger partial charge is 0.361 e. The Balaban J connectivity index is 1.35. The van der Waals surface area contributed by atoms with Gasteiger partial charge in [-0.25, -0.2) is 8.42 Å². The first kappa shape index (κ1) is 21.7. The first-order chi connectivity index (χ1) is 16.1. The molecule has 5 rings (SSSR count). The molecular weight excluding hydrogens is 428 g/mol. The minimum Gasteiger partial charge on any atom is -0.361 e. The predicted molar refractivity (Wildman–Crippen MR) is 135 cm³/mol. The van der Waals surface area contributed by atoms with E-state index in [1.165, 1.54) is 34.8 Å². The van der Waals surface area contributed by atoms with Gasteiger partial charge in [0.05, 0.1) is 4.90 Å². The van der Waals surface area contributed by atoms with E-state index in [0.29, 0.717) is 10.9 Å². The average Bonchev–Trinajstić information content (AvgIpc) is 3.46. The number of hydrogen-bond acceptors (Lipinski definition) is 3. The number of fused-ring (bicyclic) bond motifs is 1. The van der Waals surface area contributed by atoms with Crippen LogP contribution in [0.2, 0.25) is 0 Å². The van der Waals surface area contributed by atoms with E-state index >= 15 is 0 Å². The summed E-state index contributed by atoms with van der Waals surface area (Å²) in [6, 6.07) is 25.8. The van der Waals surface area contributed by atoms with Crippen molar-refractivity contribution in [3.63, 3.8) is 0 Å². The number of H-pyrrole nitrogens is 1. The molecule has 1 N–H and O–H groups in total. The van der Waals surface area contributed by atoms with Crippen molar-refractivity contribution in [1.82, 2.24) is 9.88 Å². The Morgan fingerprint density at radius 3 is 2.52 bits per heavy atom. The van der Waals surface area contributed by atoms with Gasteiger partial charge in [0.1, 0.15) is 0 Å². The fourth-order valence-corrected chi connectivity index (χ4v) is 5.76. The van der Waals surface area contributed by atoms with Crippen LogP contribution in [0.1, 0.15) is 29.5 Å². The molecule has 4 nitrogen and oxygen atoms in total. The second-order valence-corrected chi connectivity index (χ2v) is 10.6. The highest BCUT2D eigenvalue weighted by molar-refractivity contribution is 7.94. The van der Waals surface area contributed by atoms with E-state index in [9.17, 15) is 8.42 Å². The van der Waals surface area contributed by atoms with Crippen molar-refractivity contribution in [2.24, 2.45) is 0 Å². The van der Waals surface area contributed by atoms with Crippen LogP contribution in [0, 0.1) is 0 Å². The quantitative estimate of drug-likeness (QED) is 0.381. The molecule has 1 fully saturated rings. The van der Waals surface area contributed by atoms with Crippen LogP contribution in [0.25, 0.3) is 17.0 Å². The Bertz CT molecular complexity index is 1360. The normalized spacial score (nSPS) is 17.3. The van der Waals surface area contributed by atoms with Crippen molar-refractivity contribution < 1.29 is 8.42 Å². The maximum Gasteiger partial charge on any atom is 0.199 e. The lowest BCUT2D eigenvalue weighted by atomic mass is 10.0. The van der Waals surface area contributed by atoms with Crippen molar-refractivity contribution in [2.45, 2.75) is 36.7 Å². The Hall–Kier alpha value is -3.15. The molecule has 0 radical (unpaired) electrons. The number of aromatic amines is 1. The summed E-state index contributed by atoms with van der Waals surface area (Å²) >= 11 is 0. The number of sulfone groups is 1. The van der Waals surface area contributed by atoms with Gasteiger partial charge in [0, 0.05) is 35.1 Å². The highest BCUT2D eigenvalue weighted by Gasteiger charge is 2.25. The number of hydrogen-bond donors (Lipinski definition) is 1. The van der Waals surface area contributed by atoms with E-state index in [2.05, 4.69) is 52.5 Å². The summed E-state index contributed by atoms with van der Waals surface area (Å²) in [5.41, 5.74) is 4.61. The second-order valence-electron chi connectivity index (χ2n) is 8.74. The molecule has 0 bridgehead atoms. The molecule has 1 saturated heterocycles. The van der Waals surface area contributed by atoms with Gasteiger partial charge in [-0.3, -0.25) is 4.90 Å². The van der Waals surface area contributed by atoms with Gasteiger partial charge >= 0.3 is 0 Å². The molecule has 5 heteroatoms. The minimum absolute atomic E-state index is 0.310. The van der Waals surface area contributed by atoms with Gasteiger partial charge < -0.3 is 4.98 Å². The summed E-state index contributed by atoms with van der Waals surface area (Å²) in [6.07, 6.45) is 7.22. The summed E-state index contributed by atoms with van der Waals surface area (Å²) < 4.78 is 25.2. The van der Waals surface area contributed by atoms with E-state index in [0.717, 1.165) is 30.6 Å². The molecule has 0 spiro atoms. The molecule has 1 aliphatic heterocycles. The van der Waals surface area contributed by atoms with Crippen molar-refractivity contribution >= 4 is 26.8 Å². The van der Waals surface area contributed by atoms with Crippen LogP contribution in [-0.4, -0.2) is 30.9 Å². The third kappa shape index (κ3) is 4.95. The van der Waals surface area contributed by atoms with Gasteiger partial charge in [0.2, 0.25) is 0 Å². The predicted octanol–water partition coefficient (Wildman–Crippen LogP) is 5.82. The fourth-order valence-electron chi connectivity index (χ4n) is 4.73. The fraction of sp³-hybridized carbons (Fsp3) is 0.214. The summed E-state index contributed by atoms with van der Waals surface area (Å²) in [5, 5.41) is 2.47. The molecular formula is C28H28N2O2S. The number of benzene rings is 3. The number of aromatic nitrogens is 1. The average molecular weight is 457 g/mol. The Labute approximate surface area is 195 Å². The zero-order valence-electron chi connectivity index (χ0n) is 18.5. The van der Waals surface area contributed by atoms with Crippen LogP contribution >= 0.6 is 0 Å². The minimum atomic E-state index is -3.46. The molecule has 4 aromatic rings. The van der Waals surface area contributed by atoms with Crippen LogP contribution < -0.4 is 0 Å². The highest BCUT2D eigenvalue weighted by Crippen LogP contribution is 2.28. The van der Waals surface area contributed by atoms with Gasteiger partial charge in [0.15, 0.2) is 9.84 Å². The van der Waals surface area contributed by atoms with Crippen molar-refractivity contribution in [2.75, 3.05) is 6.54 Å². The third-order valence-corrected chi connectivity index (χ3v) is 7.91. The first-order valence-electron chi connectivity index (χ1n) is 11.4. The summed E-state index contributed by atoms with van der Waals surface area (Å²) in [4.78, 5) is 6.29. The van der Waals surface area contributed by atoms with Crippen molar-refractivity contribution in [1.29, 1.82) is 0 Å². The maximum atomic E-state index is 12.6. The molecule has 1 aliphatic rings.